The predicted octanol–water partition coefficient (Wildman–Crippen LogP) is 3.76. The van der Waals surface area contributed by atoms with Crippen molar-refractivity contribution in [3.05, 3.63) is 24.3 Å². The monoisotopic (exact) mass is 170 g/mol. The molecule has 1 heteroatoms. The number of hydrogen-bond donors (Lipinski definition) is 0. The number of carbonyl (C=O) groups is 1. The molecular formula is C11H22O. The lowest BCUT2D eigenvalue weighted by Crippen LogP contribution is -1.76. The van der Waals surface area contributed by atoms with Gasteiger partial charge in [-0.1, -0.05) is 45.9 Å². The van der Waals surface area contributed by atoms with Crippen molar-refractivity contribution in [1.29, 1.82) is 0 Å². The molecule has 0 aromatic heterocycles. The summed E-state index contributed by atoms with van der Waals surface area (Å²) in [7, 11) is 0. The van der Waals surface area contributed by atoms with Crippen LogP contribution in [0.25, 0.3) is 0 Å². The average molecular weight is 170 g/mol. The highest BCUT2D eigenvalue weighted by Crippen LogP contribution is 1.76. The van der Waals surface area contributed by atoms with Crippen LogP contribution >= 0.6 is 0 Å². The summed E-state index contributed by atoms with van der Waals surface area (Å²) in [4.78, 5) is 10.2. The van der Waals surface area contributed by atoms with Crippen LogP contribution in [-0.4, -0.2) is 5.78 Å². The quantitative estimate of drug-likeness (QED) is 0.455. The third-order valence-electron chi connectivity index (χ3n) is 0.634. The van der Waals surface area contributed by atoms with Crippen molar-refractivity contribution in [2.24, 2.45) is 0 Å². The molecule has 0 radical (unpaired) electrons. The van der Waals surface area contributed by atoms with E-state index in [0.29, 0.717) is 0 Å². The molecule has 0 unspecified atom stereocenters. The Morgan fingerprint density at radius 2 is 1.42 bits per heavy atom. The molecule has 0 aliphatic heterocycles. The fourth-order valence-electron chi connectivity index (χ4n) is 0.302. The van der Waals surface area contributed by atoms with Gasteiger partial charge in [-0.2, -0.15) is 0 Å². The van der Waals surface area contributed by atoms with Crippen LogP contribution in [-0.2, 0) is 4.79 Å². The standard InChI is InChI=1S/C7H10O.2C2H6/c1-3-4-5-6-7(2)8;2*1-2/h3-6H,1-2H3;2*1-2H3/b4-3+,6-5+;;. The van der Waals surface area contributed by atoms with Gasteiger partial charge in [0.15, 0.2) is 5.78 Å². The molecule has 12 heavy (non-hydrogen) atoms. The Balaban J connectivity index is -0.000000175. The third kappa shape index (κ3) is 35.3. The van der Waals surface area contributed by atoms with Gasteiger partial charge >= 0.3 is 0 Å². The molecule has 0 saturated heterocycles. The number of ketones is 1. The van der Waals surface area contributed by atoms with Gasteiger partial charge in [0, 0.05) is 0 Å². The second kappa shape index (κ2) is 22.5. The summed E-state index contributed by atoms with van der Waals surface area (Å²) in [6, 6.07) is 0. The first-order chi connectivity index (χ1) is 5.77. The van der Waals surface area contributed by atoms with E-state index in [9.17, 15) is 4.79 Å². The van der Waals surface area contributed by atoms with Gasteiger partial charge in [0.2, 0.25) is 0 Å². The molecule has 0 saturated carbocycles. The lowest BCUT2D eigenvalue weighted by molar-refractivity contribution is -0.112. The molecule has 1 nitrogen and oxygen atoms in total. The minimum Gasteiger partial charge on any atom is -0.295 e. The van der Waals surface area contributed by atoms with E-state index < -0.39 is 0 Å². The summed E-state index contributed by atoms with van der Waals surface area (Å²) in [5, 5.41) is 0. The van der Waals surface area contributed by atoms with Crippen molar-refractivity contribution in [1.82, 2.24) is 0 Å². The number of rotatable bonds is 2. The maximum atomic E-state index is 10.2. The van der Waals surface area contributed by atoms with Gasteiger partial charge < -0.3 is 0 Å². The molecule has 0 aromatic rings. The van der Waals surface area contributed by atoms with E-state index in [1.54, 1.807) is 6.08 Å². The van der Waals surface area contributed by atoms with E-state index >= 15 is 0 Å². The van der Waals surface area contributed by atoms with Crippen molar-refractivity contribution in [3.63, 3.8) is 0 Å². The number of allylic oxidation sites excluding steroid dienone is 4. The molecule has 72 valence electrons. The van der Waals surface area contributed by atoms with Gasteiger partial charge in [-0.05, 0) is 19.9 Å². The van der Waals surface area contributed by atoms with E-state index in [-0.39, 0.29) is 5.78 Å². The zero-order chi connectivity index (χ0) is 10.4. The Bertz CT molecular complexity index is 121. The molecule has 0 N–H and O–H groups in total. The lowest BCUT2D eigenvalue weighted by Gasteiger charge is -1.72. The van der Waals surface area contributed by atoms with Gasteiger partial charge in [-0.25, -0.2) is 0 Å². The number of carbonyl (C=O) groups excluding carboxylic acids is 1. The molecule has 0 bridgehead atoms. The molecule has 0 atom stereocenters. The van der Waals surface area contributed by atoms with Crippen molar-refractivity contribution in [2.75, 3.05) is 0 Å². The van der Waals surface area contributed by atoms with Crippen LogP contribution in [0.15, 0.2) is 24.3 Å². The van der Waals surface area contributed by atoms with Crippen LogP contribution in [0.3, 0.4) is 0 Å². The minimum absolute atomic E-state index is 0.0862. The topological polar surface area (TPSA) is 17.1 Å². The van der Waals surface area contributed by atoms with Crippen molar-refractivity contribution >= 4 is 5.78 Å². The van der Waals surface area contributed by atoms with E-state index in [4.69, 9.17) is 0 Å². The molecule has 0 amide bonds. The Labute approximate surface area is 77.2 Å². The highest BCUT2D eigenvalue weighted by atomic mass is 16.1. The molecular weight excluding hydrogens is 148 g/mol. The first-order valence-corrected chi connectivity index (χ1v) is 4.57. The van der Waals surface area contributed by atoms with Gasteiger partial charge in [0.25, 0.3) is 0 Å². The fourth-order valence-corrected chi connectivity index (χ4v) is 0.302. The van der Waals surface area contributed by atoms with E-state index in [0.717, 1.165) is 0 Å². The smallest absolute Gasteiger partial charge is 0.152 e. The van der Waals surface area contributed by atoms with E-state index in [1.165, 1.54) is 13.0 Å². The summed E-state index contributed by atoms with van der Waals surface area (Å²) in [5.41, 5.74) is 0. The summed E-state index contributed by atoms with van der Waals surface area (Å²) in [5.74, 6) is 0.0862. The van der Waals surface area contributed by atoms with Gasteiger partial charge in [0.05, 0.1) is 0 Å². The zero-order valence-corrected chi connectivity index (χ0v) is 9.22. The third-order valence-corrected chi connectivity index (χ3v) is 0.634. The van der Waals surface area contributed by atoms with Crippen LogP contribution < -0.4 is 0 Å². The number of hydrogen-bond acceptors (Lipinski definition) is 1. The van der Waals surface area contributed by atoms with Crippen LogP contribution in [0.5, 0.6) is 0 Å². The second-order valence-corrected chi connectivity index (χ2v) is 1.50. The first-order valence-electron chi connectivity index (χ1n) is 4.57. The Morgan fingerprint density at radius 3 is 1.67 bits per heavy atom. The SMILES string of the molecule is C/C=C/C=C/C(C)=O.CC.CC. The summed E-state index contributed by atoms with van der Waals surface area (Å²) < 4.78 is 0. The van der Waals surface area contributed by atoms with Crippen LogP contribution in [0.2, 0.25) is 0 Å². The van der Waals surface area contributed by atoms with Crippen LogP contribution in [0.4, 0.5) is 0 Å². The largest absolute Gasteiger partial charge is 0.295 e. The fraction of sp³-hybridized carbons (Fsp3) is 0.545. The van der Waals surface area contributed by atoms with E-state index in [1.807, 2.05) is 46.8 Å². The summed E-state index contributed by atoms with van der Waals surface area (Å²) in [6.45, 7) is 11.4. The van der Waals surface area contributed by atoms with E-state index in [2.05, 4.69) is 0 Å². The zero-order valence-electron chi connectivity index (χ0n) is 9.22. The van der Waals surface area contributed by atoms with Gasteiger partial charge in [-0.3, -0.25) is 4.79 Å². The maximum absolute atomic E-state index is 10.2. The lowest BCUT2D eigenvalue weighted by atomic mass is 10.4. The molecule has 0 rings (SSSR count). The van der Waals surface area contributed by atoms with Crippen molar-refractivity contribution in [2.45, 2.75) is 41.5 Å². The van der Waals surface area contributed by atoms with Gasteiger partial charge in [-0.15, -0.1) is 0 Å². The predicted molar refractivity (Wildman–Crippen MR) is 57.3 cm³/mol. The van der Waals surface area contributed by atoms with Crippen LogP contribution in [0.1, 0.15) is 41.5 Å². The van der Waals surface area contributed by atoms with Gasteiger partial charge in [0.1, 0.15) is 0 Å². The second-order valence-electron chi connectivity index (χ2n) is 1.50. The van der Waals surface area contributed by atoms with Crippen molar-refractivity contribution < 1.29 is 4.79 Å². The molecule has 0 aliphatic rings. The molecule has 0 spiro atoms. The first kappa shape index (κ1) is 17.3. The normalized spacial score (nSPS) is 8.50. The molecule has 0 fully saturated rings. The molecule has 0 aromatic carbocycles. The molecule has 0 heterocycles. The highest BCUT2D eigenvalue weighted by Gasteiger charge is 1.74. The Kier molecular flexibility index (Phi) is 32.4. The minimum atomic E-state index is 0.0862. The summed E-state index contributed by atoms with van der Waals surface area (Å²) >= 11 is 0. The van der Waals surface area contributed by atoms with Crippen LogP contribution in [0, 0.1) is 0 Å². The Hall–Kier alpha value is -0.850. The summed E-state index contributed by atoms with van der Waals surface area (Å²) in [6.07, 6.45) is 6.95. The Morgan fingerprint density at radius 1 is 1.00 bits per heavy atom. The highest BCUT2D eigenvalue weighted by molar-refractivity contribution is 5.87. The average Bonchev–Trinajstić information content (AvgIpc) is 2.12. The molecule has 0 aliphatic carbocycles. The van der Waals surface area contributed by atoms with Crippen molar-refractivity contribution in [3.8, 4) is 0 Å². The maximum Gasteiger partial charge on any atom is 0.152 e.